The summed E-state index contributed by atoms with van der Waals surface area (Å²) in [5.41, 5.74) is 2.68. The lowest BCUT2D eigenvalue weighted by Crippen LogP contribution is -2.27. The maximum atomic E-state index is 13.1. The number of carbonyl (C=O) groups is 2. The van der Waals surface area contributed by atoms with Crippen LogP contribution in [0.2, 0.25) is 0 Å². The number of rotatable bonds is 6. The summed E-state index contributed by atoms with van der Waals surface area (Å²) in [5, 5.41) is 3.10. The molecule has 7 nitrogen and oxygen atoms in total. The van der Waals surface area contributed by atoms with Crippen LogP contribution >= 0.6 is 11.3 Å². The number of benzene rings is 3. The first kappa shape index (κ1) is 23.3. The van der Waals surface area contributed by atoms with Crippen molar-refractivity contribution in [2.75, 3.05) is 18.4 Å². The Morgan fingerprint density at radius 2 is 1.63 bits per heavy atom. The topological polar surface area (TPSA) is 96.4 Å². The summed E-state index contributed by atoms with van der Waals surface area (Å²) in [6.45, 7) is 3.01. The highest BCUT2D eigenvalue weighted by molar-refractivity contribution is 7.89. The summed E-state index contributed by atoms with van der Waals surface area (Å²) in [6.07, 6.45) is 1.73. The van der Waals surface area contributed by atoms with Crippen molar-refractivity contribution in [2.45, 2.75) is 24.7 Å². The zero-order valence-electron chi connectivity index (χ0n) is 19.0. The Hall–Kier alpha value is -3.40. The van der Waals surface area contributed by atoms with Crippen molar-refractivity contribution in [3.05, 3.63) is 89.0 Å². The molecule has 4 aromatic rings. The summed E-state index contributed by atoms with van der Waals surface area (Å²) in [6, 6.07) is 18.7. The molecular formula is C26H23N3O4S2. The lowest BCUT2D eigenvalue weighted by molar-refractivity contribution is 0.0996. The zero-order valence-corrected chi connectivity index (χ0v) is 20.7. The maximum absolute atomic E-state index is 13.1. The number of hydrogen-bond donors (Lipinski definition) is 1. The predicted octanol–water partition coefficient (Wildman–Crippen LogP) is 4.87. The summed E-state index contributed by atoms with van der Waals surface area (Å²) < 4.78 is 27.9. The fourth-order valence-corrected chi connectivity index (χ4v) is 6.62. The second-order valence-corrected chi connectivity index (χ2v) is 11.4. The van der Waals surface area contributed by atoms with Crippen LogP contribution in [0.4, 0.5) is 5.13 Å². The summed E-state index contributed by atoms with van der Waals surface area (Å²) >= 11 is 1.19. The van der Waals surface area contributed by atoms with Crippen molar-refractivity contribution >= 4 is 48.4 Å². The number of fused-ring (bicyclic) bond motifs is 1. The first-order valence-electron chi connectivity index (χ1n) is 11.3. The molecule has 1 saturated heterocycles. The van der Waals surface area contributed by atoms with Crippen molar-refractivity contribution in [3.63, 3.8) is 0 Å². The van der Waals surface area contributed by atoms with Crippen molar-refractivity contribution in [2.24, 2.45) is 0 Å². The molecule has 178 valence electrons. The highest BCUT2D eigenvalue weighted by atomic mass is 32.2. The van der Waals surface area contributed by atoms with E-state index >= 15 is 0 Å². The first-order chi connectivity index (χ1) is 16.8. The summed E-state index contributed by atoms with van der Waals surface area (Å²) in [4.78, 5) is 30.8. The molecule has 0 saturated carbocycles. The molecule has 1 aliphatic heterocycles. The third kappa shape index (κ3) is 4.62. The Kier molecular flexibility index (Phi) is 6.22. The molecule has 1 fully saturated rings. The third-order valence-electron chi connectivity index (χ3n) is 6.01. The van der Waals surface area contributed by atoms with Gasteiger partial charge in [-0.15, -0.1) is 0 Å². The summed E-state index contributed by atoms with van der Waals surface area (Å²) in [5.74, 6) is -0.693. The molecule has 0 aliphatic carbocycles. The number of carbonyl (C=O) groups excluding carboxylic acids is 2. The average Bonchev–Trinajstić information content (AvgIpc) is 3.54. The number of thiazole rings is 1. The normalized spacial score (nSPS) is 14.3. The largest absolute Gasteiger partial charge is 0.298 e. The fourth-order valence-electron chi connectivity index (χ4n) is 4.10. The van der Waals surface area contributed by atoms with Gasteiger partial charge in [0.05, 0.1) is 20.7 Å². The highest BCUT2D eigenvalue weighted by Gasteiger charge is 2.27. The number of aromatic nitrogens is 1. The van der Waals surface area contributed by atoms with Crippen LogP contribution in [0.25, 0.3) is 10.2 Å². The zero-order chi connectivity index (χ0) is 24.6. The number of hydrogen-bond acceptors (Lipinski definition) is 6. The molecule has 5 rings (SSSR count). The number of sulfonamides is 1. The van der Waals surface area contributed by atoms with E-state index in [4.69, 9.17) is 0 Å². The van der Waals surface area contributed by atoms with Crippen molar-refractivity contribution < 1.29 is 18.0 Å². The second-order valence-electron chi connectivity index (χ2n) is 8.45. The van der Waals surface area contributed by atoms with Crippen LogP contribution in [0, 0.1) is 6.92 Å². The van der Waals surface area contributed by atoms with E-state index in [1.54, 1.807) is 54.6 Å². The monoisotopic (exact) mass is 505 g/mol. The van der Waals surface area contributed by atoms with E-state index in [2.05, 4.69) is 10.3 Å². The van der Waals surface area contributed by atoms with Crippen molar-refractivity contribution in [1.82, 2.24) is 9.29 Å². The minimum atomic E-state index is -3.54. The molecule has 1 aromatic heterocycles. The lowest BCUT2D eigenvalue weighted by Gasteiger charge is -2.15. The number of ketones is 1. The van der Waals surface area contributed by atoms with Crippen LogP contribution in [0.1, 0.15) is 44.7 Å². The van der Waals surface area contributed by atoms with Gasteiger partial charge in [0.15, 0.2) is 10.9 Å². The second kappa shape index (κ2) is 9.33. The molecule has 3 aromatic carbocycles. The molecule has 1 aliphatic rings. The quantitative estimate of drug-likeness (QED) is 0.377. The standard InChI is InChI=1S/C26H23N3O4S2/c1-17-8-10-18(11-9-17)24(30)20-6-2-3-7-21(20)25(31)28-26-27-22-13-12-19(16-23(22)34-26)35(32,33)29-14-4-5-15-29/h2-3,6-13,16H,4-5,14-15H2,1H3,(H,27,28,31). The van der Waals surface area contributed by atoms with E-state index in [1.165, 1.54) is 15.6 Å². The SMILES string of the molecule is Cc1ccc(C(=O)c2ccccc2C(=O)Nc2nc3ccc(S(=O)(=O)N4CCCC4)cc3s2)cc1. The third-order valence-corrected chi connectivity index (χ3v) is 8.84. The first-order valence-corrected chi connectivity index (χ1v) is 13.5. The van der Waals surface area contributed by atoms with Gasteiger partial charge in [0.2, 0.25) is 10.0 Å². The van der Waals surface area contributed by atoms with Crippen molar-refractivity contribution in [1.29, 1.82) is 0 Å². The average molecular weight is 506 g/mol. The van der Waals surface area contributed by atoms with Gasteiger partial charge in [0.1, 0.15) is 0 Å². The Balaban J connectivity index is 1.40. The van der Waals surface area contributed by atoms with Crippen LogP contribution in [-0.4, -0.2) is 42.5 Å². The number of nitrogens with one attached hydrogen (secondary N) is 1. The Morgan fingerprint density at radius 3 is 2.34 bits per heavy atom. The molecule has 0 radical (unpaired) electrons. The van der Waals surface area contributed by atoms with Gasteiger partial charge in [-0.3, -0.25) is 14.9 Å². The molecule has 0 bridgehead atoms. The molecule has 9 heteroatoms. The van der Waals surface area contributed by atoms with E-state index in [-0.39, 0.29) is 16.2 Å². The van der Waals surface area contributed by atoms with Gasteiger partial charge in [-0.25, -0.2) is 13.4 Å². The number of nitrogens with zero attached hydrogens (tertiary/aromatic N) is 2. The maximum Gasteiger partial charge on any atom is 0.258 e. The number of anilines is 1. The Bertz CT molecular complexity index is 1540. The lowest BCUT2D eigenvalue weighted by atomic mass is 9.97. The van der Waals surface area contributed by atoms with Gasteiger partial charge >= 0.3 is 0 Å². The van der Waals surface area contributed by atoms with Crippen LogP contribution in [-0.2, 0) is 10.0 Å². The highest BCUT2D eigenvalue weighted by Crippen LogP contribution is 2.30. The van der Waals surface area contributed by atoms with Crippen LogP contribution in [0.3, 0.4) is 0 Å². The molecule has 1 N–H and O–H groups in total. The van der Waals surface area contributed by atoms with Crippen LogP contribution in [0.5, 0.6) is 0 Å². The molecule has 0 unspecified atom stereocenters. The molecule has 0 spiro atoms. The molecular weight excluding hydrogens is 482 g/mol. The van der Waals surface area contributed by atoms with Gasteiger partial charge in [-0.2, -0.15) is 4.31 Å². The Labute approximate surface area is 207 Å². The van der Waals surface area contributed by atoms with Gasteiger partial charge < -0.3 is 0 Å². The number of amides is 1. The van der Waals surface area contributed by atoms with Gasteiger partial charge in [0, 0.05) is 24.2 Å². The molecule has 35 heavy (non-hydrogen) atoms. The summed E-state index contributed by atoms with van der Waals surface area (Å²) in [7, 11) is -3.54. The molecule has 2 heterocycles. The van der Waals surface area contributed by atoms with Crippen LogP contribution < -0.4 is 5.32 Å². The molecule has 0 atom stereocenters. The smallest absolute Gasteiger partial charge is 0.258 e. The van der Waals surface area contributed by atoms with Gasteiger partial charge in [0.25, 0.3) is 5.91 Å². The number of aryl methyl sites for hydroxylation is 1. The van der Waals surface area contributed by atoms with Gasteiger partial charge in [-0.1, -0.05) is 59.4 Å². The van der Waals surface area contributed by atoms with E-state index in [0.717, 1.165) is 18.4 Å². The Morgan fingerprint density at radius 1 is 0.943 bits per heavy atom. The van der Waals surface area contributed by atoms with Crippen molar-refractivity contribution in [3.8, 4) is 0 Å². The van der Waals surface area contributed by atoms with E-state index in [1.807, 2.05) is 19.1 Å². The van der Waals surface area contributed by atoms with E-state index in [0.29, 0.717) is 39.6 Å². The molecule has 1 amide bonds. The van der Waals surface area contributed by atoms with E-state index < -0.39 is 15.9 Å². The van der Waals surface area contributed by atoms with Gasteiger partial charge in [-0.05, 0) is 44.0 Å². The minimum absolute atomic E-state index is 0.225. The van der Waals surface area contributed by atoms with E-state index in [9.17, 15) is 18.0 Å². The van der Waals surface area contributed by atoms with Crippen LogP contribution in [0.15, 0.2) is 71.6 Å². The minimum Gasteiger partial charge on any atom is -0.298 e. The fraction of sp³-hybridized carbons (Fsp3) is 0.192. The predicted molar refractivity (Wildman–Crippen MR) is 137 cm³/mol.